The van der Waals surface area contributed by atoms with E-state index in [0.717, 1.165) is 0 Å². The first-order valence-corrected chi connectivity index (χ1v) is 6.23. The van der Waals surface area contributed by atoms with Crippen LogP contribution < -0.4 is 15.2 Å². The second-order valence-corrected chi connectivity index (χ2v) is 5.15. The first kappa shape index (κ1) is 11.4. The van der Waals surface area contributed by atoms with Gasteiger partial charge < -0.3 is 5.73 Å². The lowest BCUT2D eigenvalue weighted by molar-refractivity contribution is 0.593. The van der Waals surface area contributed by atoms with Crippen LogP contribution in [0.3, 0.4) is 0 Å². The number of anilines is 1. The molecule has 1 heterocycles. The minimum atomic E-state index is -3.48. The zero-order chi connectivity index (χ0) is 10.8. The number of nitrogens with one attached hydrogen (secondary N) is 2. The van der Waals surface area contributed by atoms with Crippen molar-refractivity contribution < 1.29 is 8.42 Å². The monoisotopic (exact) mass is 236 g/mol. The van der Waals surface area contributed by atoms with E-state index in [0.29, 0.717) is 10.8 Å². The molecule has 8 heteroatoms. The normalized spacial score (nSPS) is 13.9. The summed E-state index contributed by atoms with van der Waals surface area (Å²) in [5.41, 5.74) is 6.24. The van der Waals surface area contributed by atoms with Gasteiger partial charge in [-0.05, 0) is 6.92 Å². The van der Waals surface area contributed by atoms with Crippen molar-refractivity contribution in [3.63, 3.8) is 0 Å². The summed E-state index contributed by atoms with van der Waals surface area (Å²) in [6.45, 7) is 1.78. The Kier molecular flexibility index (Phi) is 3.43. The van der Waals surface area contributed by atoms with Crippen LogP contribution in [-0.4, -0.2) is 20.4 Å². The summed E-state index contributed by atoms with van der Waals surface area (Å²) in [7, 11) is -2.16. The zero-order valence-corrected chi connectivity index (χ0v) is 9.45. The summed E-state index contributed by atoms with van der Waals surface area (Å²) in [4.78, 5) is 4.01. The van der Waals surface area contributed by atoms with Gasteiger partial charge in [-0.3, -0.25) is 0 Å². The molecule has 0 aromatic carbocycles. The average molecular weight is 236 g/mol. The molecule has 0 fully saturated rings. The van der Waals surface area contributed by atoms with Gasteiger partial charge in [-0.15, -0.1) is 11.3 Å². The summed E-state index contributed by atoms with van der Waals surface area (Å²) >= 11 is 1.20. The van der Waals surface area contributed by atoms with Crippen LogP contribution in [-0.2, 0) is 10.2 Å². The van der Waals surface area contributed by atoms with Gasteiger partial charge >= 0.3 is 10.2 Å². The molecular formula is C6H12N4O2S2. The number of nitrogens with zero attached hydrogens (tertiary/aromatic N) is 1. The molecule has 1 atom stereocenters. The van der Waals surface area contributed by atoms with Crippen molar-refractivity contribution in [2.45, 2.75) is 13.0 Å². The highest BCUT2D eigenvalue weighted by atomic mass is 32.2. The van der Waals surface area contributed by atoms with Crippen LogP contribution in [0.2, 0.25) is 0 Å². The number of thiazole rings is 1. The molecule has 0 spiro atoms. The van der Waals surface area contributed by atoms with Crippen LogP contribution in [0.1, 0.15) is 18.7 Å². The van der Waals surface area contributed by atoms with E-state index in [2.05, 4.69) is 14.4 Å². The fraction of sp³-hybridized carbons (Fsp3) is 0.500. The molecule has 0 radical (unpaired) electrons. The minimum absolute atomic E-state index is 0.195. The van der Waals surface area contributed by atoms with Crippen molar-refractivity contribution in [1.29, 1.82) is 0 Å². The lowest BCUT2D eigenvalue weighted by Gasteiger charge is -2.02. The van der Waals surface area contributed by atoms with E-state index >= 15 is 0 Å². The lowest BCUT2D eigenvalue weighted by Crippen LogP contribution is -2.26. The predicted molar refractivity (Wildman–Crippen MR) is 56.3 cm³/mol. The van der Waals surface area contributed by atoms with Gasteiger partial charge in [0.05, 0.1) is 5.69 Å². The second kappa shape index (κ2) is 4.22. The first-order chi connectivity index (χ1) is 6.44. The Hall–Kier alpha value is -0.700. The van der Waals surface area contributed by atoms with Gasteiger partial charge in [0.1, 0.15) is 0 Å². The smallest absolute Gasteiger partial charge is 0.300 e. The molecule has 0 bridgehead atoms. The summed E-state index contributed by atoms with van der Waals surface area (Å²) in [5, 5.41) is 2.03. The van der Waals surface area contributed by atoms with Crippen LogP contribution in [0.4, 0.5) is 5.13 Å². The van der Waals surface area contributed by atoms with Crippen molar-refractivity contribution >= 4 is 26.7 Å². The molecule has 1 rings (SSSR count). The molecular weight excluding hydrogens is 224 g/mol. The van der Waals surface area contributed by atoms with Gasteiger partial charge in [0.2, 0.25) is 0 Å². The van der Waals surface area contributed by atoms with Crippen LogP contribution in [0.15, 0.2) is 5.38 Å². The molecule has 14 heavy (non-hydrogen) atoms. The number of hydrogen-bond donors (Lipinski definition) is 3. The molecule has 0 aliphatic carbocycles. The summed E-state index contributed by atoms with van der Waals surface area (Å²) < 4.78 is 26.5. The van der Waals surface area contributed by atoms with Gasteiger partial charge in [-0.1, -0.05) is 0 Å². The molecule has 0 saturated heterocycles. The van der Waals surface area contributed by atoms with Gasteiger partial charge in [0.25, 0.3) is 0 Å². The summed E-state index contributed by atoms with van der Waals surface area (Å²) in [6, 6.07) is -0.195. The van der Waals surface area contributed by atoms with Gasteiger partial charge in [0.15, 0.2) is 5.13 Å². The largest absolute Gasteiger partial charge is 0.323 e. The maximum absolute atomic E-state index is 11.1. The molecule has 0 amide bonds. The van der Waals surface area contributed by atoms with Crippen LogP contribution in [0.5, 0.6) is 0 Å². The van der Waals surface area contributed by atoms with Crippen LogP contribution in [0.25, 0.3) is 0 Å². The standard InChI is InChI=1S/C6H12N4O2S2/c1-4(7)5-3-13-6(9-5)10-14(11,12)8-2/h3-4,8H,7H2,1-2H3,(H,9,10). The fourth-order valence-electron chi connectivity index (χ4n) is 0.708. The van der Waals surface area contributed by atoms with Crippen LogP contribution in [0, 0.1) is 0 Å². The average Bonchev–Trinajstić information content (AvgIpc) is 2.52. The summed E-state index contributed by atoms with van der Waals surface area (Å²) in [6.07, 6.45) is 0. The number of aromatic nitrogens is 1. The second-order valence-electron chi connectivity index (χ2n) is 2.68. The molecule has 6 nitrogen and oxygen atoms in total. The fourth-order valence-corrected chi connectivity index (χ4v) is 2.27. The SMILES string of the molecule is CNS(=O)(=O)Nc1nc(C(C)N)cs1. The third kappa shape index (κ3) is 2.91. The highest BCUT2D eigenvalue weighted by Crippen LogP contribution is 2.19. The molecule has 1 aromatic rings. The molecule has 0 aliphatic heterocycles. The van der Waals surface area contributed by atoms with E-state index in [1.54, 1.807) is 12.3 Å². The predicted octanol–water partition coefficient (Wildman–Crippen LogP) is 0.0389. The molecule has 1 unspecified atom stereocenters. The summed E-state index contributed by atoms with van der Waals surface area (Å²) in [5.74, 6) is 0. The van der Waals surface area contributed by atoms with Crippen molar-refractivity contribution in [3.05, 3.63) is 11.1 Å². The van der Waals surface area contributed by atoms with E-state index in [4.69, 9.17) is 5.73 Å². The Labute approximate surface area is 86.7 Å². The zero-order valence-electron chi connectivity index (χ0n) is 7.81. The van der Waals surface area contributed by atoms with Crippen molar-refractivity contribution in [2.24, 2.45) is 5.73 Å². The first-order valence-electron chi connectivity index (χ1n) is 3.87. The van der Waals surface area contributed by atoms with Gasteiger partial charge in [0, 0.05) is 18.5 Å². The molecule has 0 saturated carbocycles. The Morgan fingerprint density at radius 2 is 2.29 bits per heavy atom. The molecule has 80 valence electrons. The topological polar surface area (TPSA) is 97.1 Å². The van der Waals surface area contributed by atoms with Gasteiger partial charge in [-0.25, -0.2) is 14.4 Å². The third-order valence-electron chi connectivity index (χ3n) is 1.48. The quantitative estimate of drug-likeness (QED) is 0.687. The Morgan fingerprint density at radius 3 is 2.71 bits per heavy atom. The van der Waals surface area contributed by atoms with Gasteiger partial charge in [-0.2, -0.15) is 8.42 Å². The third-order valence-corrected chi connectivity index (χ3v) is 3.38. The highest BCUT2D eigenvalue weighted by molar-refractivity contribution is 7.91. The van der Waals surface area contributed by atoms with E-state index < -0.39 is 10.2 Å². The number of rotatable bonds is 4. The van der Waals surface area contributed by atoms with Crippen molar-refractivity contribution in [1.82, 2.24) is 9.71 Å². The van der Waals surface area contributed by atoms with Crippen molar-refractivity contribution in [2.75, 3.05) is 11.8 Å². The maximum atomic E-state index is 11.1. The van der Waals surface area contributed by atoms with Crippen LogP contribution >= 0.6 is 11.3 Å². The highest BCUT2D eigenvalue weighted by Gasteiger charge is 2.11. The van der Waals surface area contributed by atoms with E-state index in [9.17, 15) is 8.42 Å². The van der Waals surface area contributed by atoms with E-state index in [1.165, 1.54) is 18.4 Å². The molecule has 0 aliphatic rings. The Bertz CT molecular complexity index is 398. The molecule has 1 aromatic heterocycles. The molecule has 4 N–H and O–H groups in total. The number of nitrogens with two attached hydrogens (primary N) is 1. The Balaban J connectivity index is 2.79. The number of hydrogen-bond acceptors (Lipinski definition) is 5. The maximum Gasteiger partial charge on any atom is 0.300 e. The minimum Gasteiger partial charge on any atom is -0.323 e. The lowest BCUT2D eigenvalue weighted by atomic mass is 10.3. The Morgan fingerprint density at radius 1 is 1.64 bits per heavy atom. The van der Waals surface area contributed by atoms with E-state index in [-0.39, 0.29) is 6.04 Å². The van der Waals surface area contributed by atoms with Crippen molar-refractivity contribution in [3.8, 4) is 0 Å². The van der Waals surface area contributed by atoms with E-state index in [1.807, 2.05) is 0 Å².